The number of hydrogen-bond acceptors (Lipinski definition) is 3. The van der Waals surface area contributed by atoms with Crippen molar-refractivity contribution in [2.45, 2.75) is 38.8 Å². The van der Waals surface area contributed by atoms with E-state index in [-0.39, 0.29) is 18.1 Å². The van der Waals surface area contributed by atoms with Crippen molar-refractivity contribution in [1.29, 1.82) is 0 Å². The van der Waals surface area contributed by atoms with Crippen LogP contribution in [0.1, 0.15) is 26.7 Å². The van der Waals surface area contributed by atoms with E-state index in [1.165, 1.54) is 4.90 Å². The van der Waals surface area contributed by atoms with Gasteiger partial charge in [0.2, 0.25) is 6.41 Å². The molecule has 13 heavy (non-hydrogen) atoms. The summed E-state index contributed by atoms with van der Waals surface area (Å²) in [6.07, 6.45) is 2.22. The molecule has 0 spiro atoms. The summed E-state index contributed by atoms with van der Waals surface area (Å²) >= 11 is 0. The average molecular weight is 185 g/mol. The Hall–Kier alpha value is -1.06. The number of ether oxygens (including phenoxy) is 1. The highest BCUT2D eigenvalue weighted by Crippen LogP contribution is 2.16. The van der Waals surface area contributed by atoms with E-state index in [1.807, 2.05) is 0 Å². The molecule has 1 aliphatic rings. The first-order valence-electron chi connectivity index (χ1n) is 4.56. The summed E-state index contributed by atoms with van der Waals surface area (Å²) in [7, 11) is 0. The molecule has 0 N–H and O–H groups in total. The molecular weight excluding hydrogens is 170 g/mol. The Morgan fingerprint density at radius 3 is 2.85 bits per heavy atom. The van der Waals surface area contributed by atoms with Gasteiger partial charge in [0.15, 0.2) is 0 Å². The minimum atomic E-state index is -0.347. The summed E-state index contributed by atoms with van der Waals surface area (Å²) in [6.45, 7) is 4.28. The van der Waals surface area contributed by atoms with Gasteiger partial charge in [0.25, 0.3) is 0 Å². The van der Waals surface area contributed by atoms with Crippen LogP contribution in [0.5, 0.6) is 0 Å². The molecule has 0 aromatic rings. The van der Waals surface area contributed by atoms with Gasteiger partial charge in [-0.15, -0.1) is 0 Å². The van der Waals surface area contributed by atoms with E-state index >= 15 is 0 Å². The minimum Gasteiger partial charge on any atom is -0.461 e. The van der Waals surface area contributed by atoms with Gasteiger partial charge < -0.3 is 9.64 Å². The predicted molar refractivity (Wildman–Crippen MR) is 47.0 cm³/mol. The Balaban J connectivity index is 2.50. The zero-order valence-corrected chi connectivity index (χ0v) is 8.03. The fourth-order valence-electron chi connectivity index (χ4n) is 1.48. The summed E-state index contributed by atoms with van der Waals surface area (Å²) in [5, 5.41) is 0. The van der Waals surface area contributed by atoms with E-state index in [2.05, 4.69) is 0 Å². The summed E-state index contributed by atoms with van der Waals surface area (Å²) in [5.74, 6) is -0.278. The fraction of sp³-hybridized carbons (Fsp3) is 0.778. The van der Waals surface area contributed by atoms with Gasteiger partial charge in [0, 0.05) is 6.54 Å². The van der Waals surface area contributed by atoms with Crippen LogP contribution in [-0.2, 0) is 14.3 Å². The maximum atomic E-state index is 11.4. The summed E-state index contributed by atoms with van der Waals surface area (Å²) in [4.78, 5) is 23.4. The van der Waals surface area contributed by atoms with E-state index in [1.54, 1.807) is 13.8 Å². The summed E-state index contributed by atoms with van der Waals surface area (Å²) < 4.78 is 5.03. The molecule has 0 saturated carbocycles. The fourth-order valence-corrected chi connectivity index (χ4v) is 1.48. The molecule has 0 unspecified atom stereocenters. The van der Waals surface area contributed by atoms with E-state index in [9.17, 15) is 9.59 Å². The monoisotopic (exact) mass is 185 g/mol. The van der Waals surface area contributed by atoms with E-state index < -0.39 is 0 Å². The molecule has 1 atom stereocenters. The number of amides is 1. The highest BCUT2D eigenvalue weighted by Gasteiger charge is 2.31. The van der Waals surface area contributed by atoms with Gasteiger partial charge in [-0.05, 0) is 26.7 Å². The zero-order chi connectivity index (χ0) is 9.84. The molecule has 0 aromatic heterocycles. The second kappa shape index (κ2) is 4.25. The van der Waals surface area contributed by atoms with Crippen molar-refractivity contribution in [2.24, 2.45) is 0 Å². The Bertz CT molecular complexity index is 203. The largest absolute Gasteiger partial charge is 0.461 e. The van der Waals surface area contributed by atoms with Gasteiger partial charge in [-0.2, -0.15) is 0 Å². The van der Waals surface area contributed by atoms with Crippen molar-refractivity contribution >= 4 is 12.4 Å². The van der Waals surface area contributed by atoms with Gasteiger partial charge in [-0.3, -0.25) is 4.79 Å². The van der Waals surface area contributed by atoms with Crippen molar-refractivity contribution in [1.82, 2.24) is 4.90 Å². The quantitative estimate of drug-likeness (QED) is 0.476. The molecule has 0 aromatic carbocycles. The van der Waals surface area contributed by atoms with Crippen LogP contribution in [0.3, 0.4) is 0 Å². The number of likely N-dealkylation sites (tertiary alicyclic amines) is 1. The zero-order valence-electron chi connectivity index (χ0n) is 8.03. The first-order chi connectivity index (χ1) is 6.15. The van der Waals surface area contributed by atoms with Crippen LogP contribution in [0.25, 0.3) is 0 Å². The van der Waals surface area contributed by atoms with Crippen LogP contribution in [0.15, 0.2) is 0 Å². The maximum Gasteiger partial charge on any atom is 0.329 e. The first kappa shape index (κ1) is 10.0. The molecule has 1 fully saturated rings. The highest BCUT2D eigenvalue weighted by atomic mass is 16.5. The molecule has 1 aliphatic heterocycles. The first-order valence-corrected chi connectivity index (χ1v) is 4.56. The number of hydrogen-bond donors (Lipinski definition) is 0. The molecule has 0 radical (unpaired) electrons. The van der Waals surface area contributed by atoms with E-state index in [0.29, 0.717) is 6.54 Å². The average Bonchev–Trinajstić information content (AvgIpc) is 2.49. The standard InChI is InChI=1S/C9H15NO3/c1-7(2)13-9(12)8-4-3-5-10(8)6-11/h6-8H,3-5H2,1-2H3/t8-/m0/s1. The molecule has 1 amide bonds. The Labute approximate surface area is 77.8 Å². The number of esters is 1. The van der Waals surface area contributed by atoms with Gasteiger partial charge >= 0.3 is 5.97 Å². The van der Waals surface area contributed by atoms with Crippen molar-refractivity contribution in [3.05, 3.63) is 0 Å². The van der Waals surface area contributed by atoms with Crippen molar-refractivity contribution < 1.29 is 14.3 Å². The molecule has 0 bridgehead atoms. The lowest BCUT2D eigenvalue weighted by atomic mass is 10.2. The number of carbonyl (C=O) groups is 2. The molecule has 1 heterocycles. The molecule has 0 aliphatic carbocycles. The van der Waals surface area contributed by atoms with Gasteiger partial charge in [-0.1, -0.05) is 0 Å². The molecule has 74 valence electrons. The number of carbonyl (C=O) groups excluding carboxylic acids is 2. The Kier molecular flexibility index (Phi) is 3.28. The number of nitrogens with zero attached hydrogens (tertiary/aromatic N) is 1. The Morgan fingerprint density at radius 2 is 2.31 bits per heavy atom. The van der Waals surface area contributed by atoms with Crippen LogP contribution in [0, 0.1) is 0 Å². The van der Waals surface area contributed by atoms with Crippen LogP contribution in [-0.4, -0.2) is 36.0 Å². The predicted octanol–water partition coefficient (Wildman–Crippen LogP) is 0.559. The molecule has 1 saturated heterocycles. The highest BCUT2D eigenvalue weighted by molar-refractivity contribution is 5.78. The third-order valence-corrected chi connectivity index (χ3v) is 2.05. The lowest BCUT2D eigenvalue weighted by molar-refractivity contribution is -0.154. The van der Waals surface area contributed by atoms with Gasteiger partial charge in [0.05, 0.1) is 6.10 Å². The molecular formula is C9H15NO3. The normalized spacial score (nSPS) is 22.1. The molecule has 4 nitrogen and oxygen atoms in total. The van der Waals surface area contributed by atoms with Gasteiger partial charge in [0.1, 0.15) is 6.04 Å². The van der Waals surface area contributed by atoms with Crippen LogP contribution in [0.4, 0.5) is 0 Å². The van der Waals surface area contributed by atoms with Crippen molar-refractivity contribution in [3.63, 3.8) is 0 Å². The van der Waals surface area contributed by atoms with Crippen LogP contribution >= 0.6 is 0 Å². The Morgan fingerprint density at radius 1 is 1.62 bits per heavy atom. The lowest BCUT2D eigenvalue weighted by Gasteiger charge is -2.19. The molecule has 1 rings (SSSR count). The van der Waals surface area contributed by atoms with Crippen LogP contribution in [0.2, 0.25) is 0 Å². The topological polar surface area (TPSA) is 46.6 Å². The van der Waals surface area contributed by atoms with E-state index in [0.717, 1.165) is 19.3 Å². The SMILES string of the molecule is CC(C)OC(=O)[C@@H]1CCCN1C=O. The minimum absolute atomic E-state index is 0.110. The van der Waals surface area contributed by atoms with E-state index in [4.69, 9.17) is 4.74 Å². The summed E-state index contributed by atoms with van der Waals surface area (Å²) in [6, 6.07) is -0.347. The second-order valence-electron chi connectivity index (χ2n) is 3.49. The van der Waals surface area contributed by atoms with Gasteiger partial charge in [-0.25, -0.2) is 4.79 Å². The third-order valence-electron chi connectivity index (χ3n) is 2.05. The summed E-state index contributed by atoms with van der Waals surface area (Å²) in [5.41, 5.74) is 0. The lowest BCUT2D eigenvalue weighted by Crippen LogP contribution is -2.37. The van der Waals surface area contributed by atoms with Crippen molar-refractivity contribution in [2.75, 3.05) is 6.54 Å². The van der Waals surface area contributed by atoms with Crippen LogP contribution < -0.4 is 0 Å². The van der Waals surface area contributed by atoms with Crippen molar-refractivity contribution in [3.8, 4) is 0 Å². The molecule has 4 heteroatoms. The third kappa shape index (κ3) is 2.44. The number of rotatable bonds is 3. The second-order valence-corrected chi connectivity index (χ2v) is 3.49. The smallest absolute Gasteiger partial charge is 0.329 e. The maximum absolute atomic E-state index is 11.4.